The molecule has 0 heterocycles. The molecule has 0 bridgehead atoms. The first-order chi connectivity index (χ1) is 9.68. The van der Waals surface area contributed by atoms with Crippen molar-refractivity contribution in [2.24, 2.45) is 0 Å². The van der Waals surface area contributed by atoms with Gasteiger partial charge in [-0.2, -0.15) is 0 Å². The summed E-state index contributed by atoms with van der Waals surface area (Å²) < 4.78 is 0. The molecular weight excluding hydrogens is 278 g/mol. The maximum absolute atomic E-state index is 4.68. The summed E-state index contributed by atoms with van der Waals surface area (Å²) in [6.07, 6.45) is 11.3. The fourth-order valence-corrected chi connectivity index (χ4v) is 3.05. The average Bonchev–Trinajstić information content (AvgIpc) is 2.49. The van der Waals surface area contributed by atoms with E-state index in [1.807, 2.05) is 0 Å². The summed E-state index contributed by atoms with van der Waals surface area (Å²) in [5.74, 6) is 0. The Morgan fingerprint density at radius 2 is 1.38 bits per heavy atom. The summed E-state index contributed by atoms with van der Waals surface area (Å²) in [5.41, 5.74) is 7.88. The number of halogens is 1. The van der Waals surface area contributed by atoms with Crippen LogP contribution in [-0.4, -0.2) is 0 Å². The predicted molar refractivity (Wildman–Crippen MR) is 88.7 cm³/mol. The first kappa shape index (κ1) is 20.5. The molecule has 1 aromatic carbocycles. The van der Waals surface area contributed by atoms with Gasteiger partial charge in [0.05, 0.1) is 0 Å². The Bertz CT molecular complexity index is 368. The van der Waals surface area contributed by atoms with Gasteiger partial charge in [0.15, 0.2) is 0 Å². The van der Waals surface area contributed by atoms with Crippen molar-refractivity contribution in [2.75, 3.05) is 0 Å². The van der Waals surface area contributed by atoms with E-state index in [1.54, 1.807) is 0 Å². The molecule has 1 rings (SSSR count). The van der Waals surface area contributed by atoms with Gasteiger partial charge < -0.3 is 18.1 Å². The van der Waals surface area contributed by atoms with Crippen LogP contribution in [0.4, 0.5) is 0 Å². The standard InChI is InChI=1S/C19H33N.ClH/c1-4-7-12-17-13-10-11-14-18(17)19(20,15-8-5-2)16-9-6-3;/h10-11,13-14H,4-9,12,15-16,20H2,1-3H3;1H. The molecule has 2 heteroatoms. The average molecular weight is 312 g/mol. The molecule has 0 saturated heterocycles. The Kier molecular flexibility index (Phi) is 10.8. The molecule has 0 unspecified atom stereocenters. The van der Waals surface area contributed by atoms with Gasteiger partial charge in [0.25, 0.3) is 0 Å². The summed E-state index contributed by atoms with van der Waals surface area (Å²) in [7, 11) is 0. The van der Waals surface area contributed by atoms with Crippen LogP contribution in [0, 0.1) is 0 Å². The quantitative estimate of drug-likeness (QED) is 0.683. The number of quaternary nitrogens is 1. The van der Waals surface area contributed by atoms with Crippen molar-refractivity contribution < 1.29 is 18.1 Å². The van der Waals surface area contributed by atoms with Crippen molar-refractivity contribution in [3.8, 4) is 0 Å². The summed E-state index contributed by atoms with van der Waals surface area (Å²) in [4.78, 5) is 0. The van der Waals surface area contributed by atoms with E-state index in [0.29, 0.717) is 0 Å². The van der Waals surface area contributed by atoms with Crippen LogP contribution in [0.5, 0.6) is 0 Å². The highest BCUT2D eigenvalue weighted by Gasteiger charge is 2.32. The van der Waals surface area contributed by atoms with Gasteiger partial charge in [-0.25, -0.2) is 0 Å². The van der Waals surface area contributed by atoms with E-state index in [1.165, 1.54) is 68.9 Å². The first-order valence-corrected chi connectivity index (χ1v) is 8.61. The van der Waals surface area contributed by atoms with Crippen LogP contribution < -0.4 is 18.1 Å². The molecule has 0 aromatic heterocycles. The number of benzene rings is 1. The van der Waals surface area contributed by atoms with E-state index in [2.05, 4.69) is 50.8 Å². The maximum Gasteiger partial charge on any atom is 0.120 e. The summed E-state index contributed by atoms with van der Waals surface area (Å²) in [6.45, 7) is 6.83. The Labute approximate surface area is 138 Å². The van der Waals surface area contributed by atoms with Crippen molar-refractivity contribution >= 4 is 0 Å². The van der Waals surface area contributed by atoms with E-state index in [9.17, 15) is 0 Å². The minimum atomic E-state index is 0. The third-order valence-electron chi connectivity index (χ3n) is 4.41. The van der Waals surface area contributed by atoms with Crippen molar-refractivity contribution in [3.63, 3.8) is 0 Å². The second kappa shape index (κ2) is 11.1. The molecule has 3 N–H and O–H groups in total. The Morgan fingerprint density at radius 1 is 0.857 bits per heavy atom. The van der Waals surface area contributed by atoms with Gasteiger partial charge in [-0.1, -0.05) is 64.3 Å². The zero-order chi connectivity index (χ0) is 14.8. The lowest BCUT2D eigenvalue weighted by Crippen LogP contribution is -3.00. The predicted octanol–water partition coefficient (Wildman–Crippen LogP) is 1.85. The highest BCUT2D eigenvalue weighted by molar-refractivity contribution is 5.32. The van der Waals surface area contributed by atoms with Gasteiger partial charge in [0.1, 0.15) is 5.54 Å². The molecule has 0 atom stereocenters. The number of rotatable bonds is 10. The Balaban J connectivity index is 0.00000400. The van der Waals surface area contributed by atoms with Crippen LogP contribution in [0.1, 0.15) is 83.3 Å². The minimum Gasteiger partial charge on any atom is -1.00 e. The van der Waals surface area contributed by atoms with E-state index in [4.69, 9.17) is 0 Å². The molecule has 1 aromatic rings. The van der Waals surface area contributed by atoms with Crippen molar-refractivity contribution in [2.45, 2.75) is 84.1 Å². The lowest BCUT2D eigenvalue weighted by atomic mass is 9.78. The lowest BCUT2D eigenvalue weighted by molar-refractivity contribution is -0.492. The van der Waals surface area contributed by atoms with Crippen LogP contribution >= 0.6 is 0 Å². The van der Waals surface area contributed by atoms with Gasteiger partial charge in [0, 0.05) is 18.4 Å². The van der Waals surface area contributed by atoms with E-state index < -0.39 is 0 Å². The minimum absolute atomic E-state index is 0. The number of hydrogen-bond donors (Lipinski definition) is 1. The van der Waals surface area contributed by atoms with E-state index in [0.717, 1.165) is 0 Å². The first-order valence-electron chi connectivity index (χ1n) is 8.61. The van der Waals surface area contributed by atoms with E-state index in [-0.39, 0.29) is 17.9 Å². The molecule has 21 heavy (non-hydrogen) atoms. The highest BCUT2D eigenvalue weighted by Crippen LogP contribution is 2.31. The molecule has 0 aliphatic heterocycles. The fraction of sp³-hybridized carbons (Fsp3) is 0.684. The fourth-order valence-electron chi connectivity index (χ4n) is 3.05. The smallest absolute Gasteiger partial charge is 0.120 e. The number of unbranched alkanes of at least 4 members (excludes halogenated alkanes) is 3. The second-order valence-electron chi connectivity index (χ2n) is 6.25. The molecule has 0 radical (unpaired) electrons. The largest absolute Gasteiger partial charge is 1.00 e. The highest BCUT2D eigenvalue weighted by atomic mass is 35.5. The van der Waals surface area contributed by atoms with Crippen LogP contribution in [0.3, 0.4) is 0 Å². The molecule has 0 amide bonds. The zero-order valence-corrected chi connectivity index (χ0v) is 15.0. The molecule has 0 saturated carbocycles. The second-order valence-corrected chi connectivity index (χ2v) is 6.25. The van der Waals surface area contributed by atoms with Gasteiger partial charge in [-0.05, 0) is 31.2 Å². The monoisotopic (exact) mass is 311 g/mol. The van der Waals surface area contributed by atoms with Crippen molar-refractivity contribution in [1.82, 2.24) is 0 Å². The molecule has 1 nitrogen and oxygen atoms in total. The molecule has 0 aliphatic rings. The SMILES string of the molecule is CCCCc1ccccc1C([NH3+])(CCCC)CCCC.[Cl-]. The number of hydrogen-bond acceptors (Lipinski definition) is 0. The third-order valence-corrected chi connectivity index (χ3v) is 4.41. The maximum atomic E-state index is 4.68. The van der Waals surface area contributed by atoms with Crippen LogP contribution in [0.2, 0.25) is 0 Å². The summed E-state index contributed by atoms with van der Waals surface area (Å²) in [5, 5.41) is 0. The van der Waals surface area contributed by atoms with Crippen LogP contribution in [-0.2, 0) is 12.0 Å². The Hall–Kier alpha value is -0.530. The van der Waals surface area contributed by atoms with Gasteiger partial charge >= 0.3 is 0 Å². The van der Waals surface area contributed by atoms with Crippen molar-refractivity contribution in [3.05, 3.63) is 35.4 Å². The van der Waals surface area contributed by atoms with Crippen molar-refractivity contribution in [1.29, 1.82) is 0 Å². The lowest BCUT2D eigenvalue weighted by Gasteiger charge is -2.29. The number of aryl methyl sites for hydroxylation is 1. The topological polar surface area (TPSA) is 27.6 Å². The van der Waals surface area contributed by atoms with E-state index >= 15 is 0 Å². The normalized spacial score (nSPS) is 11.2. The van der Waals surface area contributed by atoms with Gasteiger partial charge in [-0.15, -0.1) is 0 Å². The van der Waals surface area contributed by atoms with Gasteiger partial charge in [-0.3, -0.25) is 0 Å². The zero-order valence-electron chi connectivity index (χ0n) is 14.3. The van der Waals surface area contributed by atoms with Gasteiger partial charge in [0.2, 0.25) is 0 Å². The molecule has 122 valence electrons. The molecular formula is C19H34ClN. The summed E-state index contributed by atoms with van der Waals surface area (Å²) in [6, 6.07) is 9.04. The molecule has 0 spiro atoms. The Morgan fingerprint density at radius 3 is 1.90 bits per heavy atom. The molecule has 0 fully saturated rings. The van der Waals surface area contributed by atoms with Crippen LogP contribution in [0.25, 0.3) is 0 Å². The third kappa shape index (κ3) is 6.40. The molecule has 0 aliphatic carbocycles. The van der Waals surface area contributed by atoms with Crippen LogP contribution in [0.15, 0.2) is 24.3 Å². The summed E-state index contributed by atoms with van der Waals surface area (Å²) >= 11 is 0.